The molecule has 1 aliphatic carbocycles. The van der Waals surface area contributed by atoms with E-state index in [-0.39, 0.29) is 11.6 Å². The summed E-state index contributed by atoms with van der Waals surface area (Å²) in [4.78, 5) is 4.58. The Morgan fingerprint density at radius 3 is 2.84 bits per heavy atom. The molecule has 2 heterocycles. The summed E-state index contributed by atoms with van der Waals surface area (Å²) >= 11 is 0. The van der Waals surface area contributed by atoms with Crippen molar-refractivity contribution < 1.29 is 4.74 Å². The summed E-state index contributed by atoms with van der Waals surface area (Å²) in [5, 5.41) is 0. The molecule has 0 radical (unpaired) electrons. The van der Waals surface area contributed by atoms with Crippen molar-refractivity contribution in [1.29, 1.82) is 0 Å². The van der Waals surface area contributed by atoms with Gasteiger partial charge in [-0.1, -0.05) is 6.07 Å². The molecule has 1 saturated heterocycles. The fourth-order valence-corrected chi connectivity index (χ4v) is 3.59. The van der Waals surface area contributed by atoms with Crippen LogP contribution >= 0.6 is 0 Å². The first-order valence-electron chi connectivity index (χ1n) is 7.42. The SMILES string of the molecule is Cc1cnc(C(N)C2CCOC3(CCC3)C2)c(C)c1. The zero-order valence-corrected chi connectivity index (χ0v) is 12.0. The fourth-order valence-electron chi connectivity index (χ4n) is 3.59. The van der Waals surface area contributed by atoms with Crippen LogP contribution in [0.1, 0.15) is 55.0 Å². The Hall–Kier alpha value is -0.930. The first-order valence-corrected chi connectivity index (χ1v) is 7.42. The van der Waals surface area contributed by atoms with E-state index in [9.17, 15) is 0 Å². The Labute approximate surface area is 115 Å². The Balaban J connectivity index is 1.77. The molecular weight excluding hydrogens is 236 g/mol. The third kappa shape index (κ3) is 2.41. The lowest BCUT2D eigenvalue weighted by molar-refractivity contribution is -0.146. The number of aromatic nitrogens is 1. The lowest BCUT2D eigenvalue weighted by Crippen LogP contribution is -2.47. The highest BCUT2D eigenvalue weighted by molar-refractivity contribution is 5.26. The van der Waals surface area contributed by atoms with Gasteiger partial charge in [0, 0.05) is 12.8 Å². The molecule has 2 fully saturated rings. The molecule has 3 nitrogen and oxygen atoms in total. The summed E-state index contributed by atoms with van der Waals surface area (Å²) in [6, 6.07) is 2.24. The number of nitrogens with zero attached hydrogens (tertiary/aromatic N) is 1. The second-order valence-electron chi connectivity index (χ2n) is 6.38. The van der Waals surface area contributed by atoms with Crippen LogP contribution in [0.5, 0.6) is 0 Å². The average Bonchev–Trinajstić information content (AvgIpc) is 2.36. The van der Waals surface area contributed by atoms with Crippen molar-refractivity contribution in [1.82, 2.24) is 4.98 Å². The van der Waals surface area contributed by atoms with Crippen molar-refractivity contribution in [2.75, 3.05) is 6.61 Å². The maximum atomic E-state index is 6.50. The number of rotatable bonds is 2. The molecule has 19 heavy (non-hydrogen) atoms. The van der Waals surface area contributed by atoms with Crippen LogP contribution in [0.4, 0.5) is 0 Å². The van der Waals surface area contributed by atoms with Gasteiger partial charge in [-0.2, -0.15) is 0 Å². The van der Waals surface area contributed by atoms with Crippen molar-refractivity contribution in [3.8, 4) is 0 Å². The molecule has 0 bridgehead atoms. The Morgan fingerprint density at radius 1 is 1.42 bits per heavy atom. The largest absolute Gasteiger partial charge is 0.375 e. The summed E-state index contributed by atoms with van der Waals surface area (Å²) in [5.74, 6) is 0.517. The van der Waals surface area contributed by atoms with E-state index in [0.717, 1.165) is 25.1 Å². The van der Waals surface area contributed by atoms with E-state index in [0.29, 0.717) is 5.92 Å². The summed E-state index contributed by atoms with van der Waals surface area (Å²) in [7, 11) is 0. The van der Waals surface area contributed by atoms with E-state index >= 15 is 0 Å². The molecule has 1 aromatic heterocycles. The van der Waals surface area contributed by atoms with Crippen LogP contribution in [0.3, 0.4) is 0 Å². The van der Waals surface area contributed by atoms with Gasteiger partial charge in [-0.3, -0.25) is 4.98 Å². The molecule has 1 spiro atoms. The predicted molar refractivity (Wildman–Crippen MR) is 75.9 cm³/mol. The van der Waals surface area contributed by atoms with Gasteiger partial charge < -0.3 is 10.5 Å². The lowest BCUT2D eigenvalue weighted by Gasteiger charge is -2.48. The molecule has 2 unspecified atom stereocenters. The van der Waals surface area contributed by atoms with Gasteiger partial charge in [-0.05, 0) is 63.0 Å². The van der Waals surface area contributed by atoms with Gasteiger partial charge in [0.2, 0.25) is 0 Å². The van der Waals surface area contributed by atoms with Gasteiger partial charge in [0.15, 0.2) is 0 Å². The molecule has 1 aliphatic heterocycles. The standard InChI is InChI=1S/C16H24N2O/c1-11-8-12(2)15(18-10-11)14(17)13-4-7-19-16(9-13)5-3-6-16/h8,10,13-14H,3-7,9,17H2,1-2H3. The zero-order chi connectivity index (χ0) is 13.5. The van der Waals surface area contributed by atoms with E-state index in [1.165, 1.54) is 30.4 Å². The van der Waals surface area contributed by atoms with E-state index in [1.54, 1.807) is 0 Å². The number of nitrogens with two attached hydrogens (primary N) is 1. The maximum absolute atomic E-state index is 6.50. The maximum Gasteiger partial charge on any atom is 0.0686 e. The Kier molecular flexibility index (Phi) is 3.35. The second-order valence-corrected chi connectivity index (χ2v) is 6.38. The number of ether oxygens (including phenoxy) is 1. The van der Waals surface area contributed by atoms with Crippen molar-refractivity contribution >= 4 is 0 Å². The third-order valence-corrected chi connectivity index (χ3v) is 4.87. The van der Waals surface area contributed by atoms with Crippen molar-refractivity contribution in [3.63, 3.8) is 0 Å². The minimum atomic E-state index is 0.0574. The third-order valence-electron chi connectivity index (χ3n) is 4.87. The van der Waals surface area contributed by atoms with Crippen LogP contribution in [-0.2, 0) is 4.74 Å². The number of hydrogen-bond acceptors (Lipinski definition) is 3. The van der Waals surface area contributed by atoms with Crippen LogP contribution in [0.2, 0.25) is 0 Å². The topological polar surface area (TPSA) is 48.1 Å². The van der Waals surface area contributed by atoms with Gasteiger partial charge >= 0.3 is 0 Å². The van der Waals surface area contributed by atoms with Gasteiger partial charge in [-0.25, -0.2) is 0 Å². The molecule has 2 aliphatic rings. The molecular formula is C16H24N2O. The normalized spacial score (nSPS) is 27.0. The molecule has 0 amide bonds. The monoisotopic (exact) mass is 260 g/mol. The molecule has 0 aromatic carbocycles. The number of pyridine rings is 1. The first-order chi connectivity index (χ1) is 9.10. The zero-order valence-electron chi connectivity index (χ0n) is 12.0. The molecule has 2 atom stereocenters. The smallest absolute Gasteiger partial charge is 0.0686 e. The van der Waals surface area contributed by atoms with E-state index in [1.807, 2.05) is 6.20 Å². The second kappa shape index (κ2) is 4.88. The number of aryl methyl sites for hydroxylation is 2. The number of hydrogen-bond donors (Lipinski definition) is 1. The highest BCUT2D eigenvalue weighted by atomic mass is 16.5. The minimum absolute atomic E-state index is 0.0574. The molecule has 3 rings (SSSR count). The van der Waals surface area contributed by atoms with E-state index in [2.05, 4.69) is 24.9 Å². The minimum Gasteiger partial charge on any atom is -0.375 e. The summed E-state index contributed by atoms with van der Waals surface area (Å²) in [5.41, 5.74) is 10.2. The van der Waals surface area contributed by atoms with E-state index in [4.69, 9.17) is 10.5 Å². The Morgan fingerprint density at radius 2 is 2.21 bits per heavy atom. The summed E-state index contributed by atoms with van der Waals surface area (Å²) in [6.45, 7) is 5.06. The summed E-state index contributed by atoms with van der Waals surface area (Å²) < 4.78 is 5.99. The highest BCUT2D eigenvalue weighted by Gasteiger charge is 2.44. The van der Waals surface area contributed by atoms with Gasteiger partial charge in [0.05, 0.1) is 17.3 Å². The van der Waals surface area contributed by atoms with Crippen molar-refractivity contribution in [2.45, 2.75) is 57.6 Å². The van der Waals surface area contributed by atoms with Crippen LogP contribution in [0.15, 0.2) is 12.3 Å². The molecule has 1 aromatic rings. The van der Waals surface area contributed by atoms with Crippen LogP contribution in [-0.4, -0.2) is 17.2 Å². The molecule has 2 N–H and O–H groups in total. The predicted octanol–water partition coefficient (Wildman–Crippen LogP) is 3.05. The molecule has 3 heteroatoms. The Bertz CT molecular complexity index is 468. The molecule has 1 saturated carbocycles. The average molecular weight is 260 g/mol. The van der Waals surface area contributed by atoms with Crippen LogP contribution in [0.25, 0.3) is 0 Å². The fraction of sp³-hybridized carbons (Fsp3) is 0.688. The first kappa shape index (κ1) is 13.1. The van der Waals surface area contributed by atoms with E-state index < -0.39 is 0 Å². The van der Waals surface area contributed by atoms with Crippen LogP contribution < -0.4 is 5.73 Å². The van der Waals surface area contributed by atoms with Gasteiger partial charge in [-0.15, -0.1) is 0 Å². The van der Waals surface area contributed by atoms with Crippen molar-refractivity contribution in [3.05, 3.63) is 29.1 Å². The van der Waals surface area contributed by atoms with Crippen molar-refractivity contribution in [2.24, 2.45) is 11.7 Å². The lowest BCUT2D eigenvalue weighted by atomic mass is 9.70. The van der Waals surface area contributed by atoms with Gasteiger partial charge in [0.1, 0.15) is 0 Å². The van der Waals surface area contributed by atoms with Gasteiger partial charge in [0.25, 0.3) is 0 Å². The quantitative estimate of drug-likeness (QED) is 0.889. The molecule has 104 valence electrons. The highest BCUT2D eigenvalue weighted by Crippen LogP contribution is 2.46. The van der Waals surface area contributed by atoms with Crippen LogP contribution in [0, 0.1) is 19.8 Å². The summed E-state index contributed by atoms with van der Waals surface area (Å²) in [6.07, 6.45) is 7.86.